The van der Waals surface area contributed by atoms with Gasteiger partial charge < -0.3 is 5.32 Å². The fourth-order valence-corrected chi connectivity index (χ4v) is 3.02. The molecule has 0 saturated carbocycles. The molecule has 0 spiro atoms. The zero-order valence-corrected chi connectivity index (χ0v) is 10.0. The van der Waals surface area contributed by atoms with Crippen molar-refractivity contribution < 1.29 is 0 Å². The lowest BCUT2D eigenvalue weighted by Gasteiger charge is -2.41. The first kappa shape index (κ1) is 10.1. The molecule has 1 aromatic rings. The predicted molar refractivity (Wildman–Crippen MR) is 60.9 cm³/mol. The first-order valence-electron chi connectivity index (χ1n) is 5.29. The van der Waals surface area contributed by atoms with Gasteiger partial charge in [-0.2, -0.15) is 0 Å². The van der Waals surface area contributed by atoms with E-state index in [0.717, 1.165) is 6.42 Å². The molecule has 1 aliphatic rings. The summed E-state index contributed by atoms with van der Waals surface area (Å²) in [5.74, 6) is 0. The van der Waals surface area contributed by atoms with Crippen molar-refractivity contribution in [1.29, 1.82) is 0 Å². The molecule has 2 heterocycles. The summed E-state index contributed by atoms with van der Waals surface area (Å²) in [7, 11) is 0. The van der Waals surface area contributed by atoms with Crippen LogP contribution >= 0.6 is 11.3 Å². The third-order valence-corrected chi connectivity index (χ3v) is 4.42. The third-order valence-electron chi connectivity index (χ3n) is 3.35. The summed E-state index contributed by atoms with van der Waals surface area (Å²) >= 11 is 1.87. The molecule has 0 aliphatic carbocycles. The maximum absolute atomic E-state index is 4.62. The van der Waals surface area contributed by atoms with Gasteiger partial charge in [0.05, 0.1) is 10.7 Å². The van der Waals surface area contributed by atoms with Gasteiger partial charge in [-0.1, -0.05) is 6.92 Å². The molecule has 0 radical (unpaired) electrons. The van der Waals surface area contributed by atoms with Crippen LogP contribution in [0.1, 0.15) is 28.9 Å². The minimum absolute atomic E-state index is 0.511. The van der Waals surface area contributed by atoms with Gasteiger partial charge in [-0.3, -0.25) is 0 Å². The van der Waals surface area contributed by atoms with Crippen LogP contribution in [0.5, 0.6) is 0 Å². The molecular weight excluding hydrogens is 192 g/mol. The third kappa shape index (κ3) is 1.71. The van der Waals surface area contributed by atoms with E-state index in [-0.39, 0.29) is 0 Å². The molecule has 1 aliphatic heterocycles. The number of aryl methyl sites for hydroxylation is 2. The fourth-order valence-electron chi connectivity index (χ4n) is 1.91. The van der Waals surface area contributed by atoms with Crippen LogP contribution in [0.25, 0.3) is 0 Å². The number of thiazole rings is 1. The van der Waals surface area contributed by atoms with Gasteiger partial charge in [0.1, 0.15) is 0 Å². The van der Waals surface area contributed by atoms with E-state index in [2.05, 4.69) is 31.1 Å². The average Bonchev–Trinajstić information content (AvgIpc) is 2.39. The average molecular weight is 210 g/mol. The molecule has 1 N–H and O–H groups in total. The number of hydrogen-bond donors (Lipinski definition) is 1. The monoisotopic (exact) mass is 210 g/mol. The van der Waals surface area contributed by atoms with Gasteiger partial charge >= 0.3 is 0 Å². The van der Waals surface area contributed by atoms with Crippen LogP contribution in [0.2, 0.25) is 0 Å². The second-order valence-electron chi connectivity index (χ2n) is 4.38. The molecule has 0 amide bonds. The highest BCUT2D eigenvalue weighted by molar-refractivity contribution is 7.11. The van der Waals surface area contributed by atoms with Gasteiger partial charge in [0.2, 0.25) is 0 Å². The minimum Gasteiger partial charge on any atom is -0.316 e. The Morgan fingerprint density at radius 1 is 1.43 bits per heavy atom. The zero-order valence-electron chi connectivity index (χ0n) is 9.18. The number of aromatic nitrogens is 1. The van der Waals surface area contributed by atoms with Crippen molar-refractivity contribution in [3.8, 4) is 0 Å². The van der Waals surface area contributed by atoms with E-state index in [1.54, 1.807) is 0 Å². The summed E-state index contributed by atoms with van der Waals surface area (Å²) in [5.41, 5.74) is 1.72. The lowest BCUT2D eigenvalue weighted by atomic mass is 9.76. The van der Waals surface area contributed by atoms with Crippen molar-refractivity contribution in [2.24, 2.45) is 5.41 Å². The lowest BCUT2D eigenvalue weighted by Crippen LogP contribution is -2.54. The van der Waals surface area contributed by atoms with Crippen molar-refractivity contribution in [1.82, 2.24) is 10.3 Å². The maximum atomic E-state index is 4.62. The molecule has 2 nitrogen and oxygen atoms in total. The molecular formula is C11H18N2S. The van der Waals surface area contributed by atoms with Crippen molar-refractivity contribution >= 4 is 11.3 Å². The number of rotatable bonds is 3. The Balaban J connectivity index is 2.09. The molecule has 1 saturated heterocycles. The molecule has 1 fully saturated rings. The Kier molecular flexibility index (Phi) is 2.62. The van der Waals surface area contributed by atoms with E-state index in [4.69, 9.17) is 0 Å². The number of nitrogens with one attached hydrogen (secondary N) is 1. The summed E-state index contributed by atoms with van der Waals surface area (Å²) in [5, 5.41) is 4.69. The summed E-state index contributed by atoms with van der Waals surface area (Å²) in [4.78, 5) is 5.99. The van der Waals surface area contributed by atoms with Crippen molar-refractivity contribution in [2.75, 3.05) is 13.1 Å². The molecule has 1 aromatic heterocycles. The van der Waals surface area contributed by atoms with Gasteiger partial charge in [-0.25, -0.2) is 4.98 Å². The van der Waals surface area contributed by atoms with Gasteiger partial charge in [-0.15, -0.1) is 11.3 Å². The van der Waals surface area contributed by atoms with Crippen molar-refractivity contribution in [3.05, 3.63) is 15.6 Å². The molecule has 78 valence electrons. The van der Waals surface area contributed by atoms with Crippen LogP contribution in [0, 0.1) is 19.3 Å². The van der Waals surface area contributed by atoms with Gasteiger partial charge in [0, 0.05) is 29.8 Å². The van der Waals surface area contributed by atoms with E-state index in [1.807, 2.05) is 11.3 Å². The lowest BCUT2D eigenvalue weighted by molar-refractivity contribution is 0.160. The van der Waals surface area contributed by atoms with E-state index < -0.39 is 0 Å². The second-order valence-corrected chi connectivity index (χ2v) is 5.67. The van der Waals surface area contributed by atoms with Crippen LogP contribution in [-0.2, 0) is 6.42 Å². The van der Waals surface area contributed by atoms with E-state index in [9.17, 15) is 0 Å². The minimum atomic E-state index is 0.511. The highest BCUT2D eigenvalue weighted by Gasteiger charge is 2.35. The normalized spacial score (nSPS) is 19.4. The topological polar surface area (TPSA) is 24.9 Å². The van der Waals surface area contributed by atoms with Gasteiger partial charge in [0.15, 0.2) is 0 Å². The van der Waals surface area contributed by atoms with Crippen molar-refractivity contribution in [3.63, 3.8) is 0 Å². The predicted octanol–water partition coefficient (Wildman–Crippen LogP) is 2.30. The summed E-state index contributed by atoms with van der Waals surface area (Å²) in [6.07, 6.45) is 2.42. The molecule has 3 heteroatoms. The first-order valence-corrected chi connectivity index (χ1v) is 6.10. The first-order chi connectivity index (χ1) is 6.65. The molecule has 2 rings (SSSR count). The van der Waals surface area contributed by atoms with Gasteiger partial charge in [-0.05, 0) is 20.3 Å². The quantitative estimate of drug-likeness (QED) is 0.828. The van der Waals surface area contributed by atoms with Crippen LogP contribution in [0.4, 0.5) is 0 Å². The van der Waals surface area contributed by atoms with E-state index >= 15 is 0 Å². The van der Waals surface area contributed by atoms with E-state index in [0.29, 0.717) is 5.41 Å². The smallest absolute Gasteiger partial charge is 0.0937 e. The Bertz CT molecular complexity index is 301. The van der Waals surface area contributed by atoms with Crippen LogP contribution in [0.15, 0.2) is 0 Å². The second kappa shape index (κ2) is 3.63. The number of hydrogen-bond acceptors (Lipinski definition) is 3. The summed E-state index contributed by atoms with van der Waals surface area (Å²) < 4.78 is 0. The molecule has 0 bridgehead atoms. The van der Waals surface area contributed by atoms with Crippen molar-refractivity contribution in [2.45, 2.75) is 33.6 Å². The molecule has 0 atom stereocenters. The van der Waals surface area contributed by atoms with Gasteiger partial charge in [0.25, 0.3) is 0 Å². The SMILES string of the molecule is CCC1(Cc2nc(C)c(C)s2)CNC1. The highest BCUT2D eigenvalue weighted by atomic mass is 32.1. The number of nitrogens with zero attached hydrogens (tertiary/aromatic N) is 1. The Hall–Kier alpha value is -0.410. The van der Waals surface area contributed by atoms with Crippen LogP contribution in [0.3, 0.4) is 0 Å². The standard InChI is InChI=1S/C11H18N2S/c1-4-11(6-12-7-11)5-10-13-8(2)9(3)14-10/h12H,4-7H2,1-3H3. The highest BCUT2D eigenvalue weighted by Crippen LogP contribution is 2.33. The largest absolute Gasteiger partial charge is 0.316 e. The Labute approximate surface area is 89.8 Å². The Morgan fingerprint density at radius 2 is 2.14 bits per heavy atom. The molecule has 0 aromatic carbocycles. The van der Waals surface area contributed by atoms with E-state index in [1.165, 1.54) is 35.1 Å². The maximum Gasteiger partial charge on any atom is 0.0937 e. The fraction of sp³-hybridized carbons (Fsp3) is 0.727. The summed E-state index contributed by atoms with van der Waals surface area (Å²) in [6.45, 7) is 8.89. The van der Waals surface area contributed by atoms with Crippen LogP contribution in [-0.4, -0.2) is 18.1 Å². The zero-order chi connectivity index (χ0) is 10.2. The van der Waals surface area contributed by atoms with Crippen LogP contribution < -0.4 is 5.32 Å². The molecule has 0 unspecified atom stereocenters. The Morgan fingerprint density at radius 3 is 2.50 bits per heavy atom. The summed E-state index contributed by atoms with van der Waals surface area (Å²) in [6, 6.07) is 0. The molecule has 14 heavy (non-hydrogen) atoms.